The molecular formula is C21H22FN3O3. The zero-order valence-electron chi connectivity index (χ0n) is 16.0. The number of carbonyl (C=O) groups is 1. The molecule has 0 spiro atoms. The van der Waals surface area contributed by atoms with Gasteiger partial charge in [0.25, 0.3) is 0 Å². The normalized spacial score (nSPS) is 11.9. The van der Waals surface area contributed by atoms with E-state index in [0.29, 0.717) is 28.3 Å². The Morgan fingerprint density at radius 2 is 2.07 bits per heavy atom. The van der Waals surface area contributed by atoms with Gasteiger partial charge in [0.05, 0.1) is 25.6 Å². The van der Waals surface area contributed by atoms with Gasteiger partial charge in [0.15, 0.2) is 0 Å². The Kier molecular flexibility index (Phi) is 5.63. The summed E-state index contributed by atoms with van der Waals surface area (Å²) < 4.78 is 24.5. The predicted molar refractivity (Wildman–Crippen MR) is 107 cm³/mol. The van der Waals surface area contributed by atoms with Crippen molar-refractivity contribution in [2.75, 3.05) is 31.8 Å². The molecule has 0 saturated heterocycles. The Balaban J connectivity index is 1.94. The lowest BCUT2D eigenvalue weighted by atomic mass is 9.96. The number of hydrogen-bond acceptors (Lipinski definition) is 6. The number of ether oxygens (including phenoxy) is 2. The molecule has 3 aromatic rings. The summed E-state index contributed by atoms with van der Waals surface area (Å²) in [6.07, 6.45) is 3.38. The quantitative estimate of drug-likeness (QED) is 0.499. The molecule has 7 heteroatoms. The monoisotopic (exact) mass is 383 g/mol. The Morgan fingerprint density at radius 3 is 2.79 bits per heavy atom. The molecule has 0 aliphatic heterocycles. The zero-order chi connectivity index (χ0) is 20.3. The SMILES string of the molecule is COC(=O)C(CNc1ccc2ccncc2c1N)c1cc(F)c(C)cc1OC. The molecule has 0 saturated carbocycles. The van der Waals surface area contributed by atoms with Crippen molar-refractivity contribution in [2.24, 2.45) is 0 Å². The summed E-state index contributed by atoms with van der Waals surface area (Å²) >= 11 is 0. The van der Waals surface area contributed by atoms with Crippen molar-refractivity contribution in [2.45, 2.75) is 12.8 Å². The second-order valence-corrected chi connectivity index (χ2v) is 6.42. The molecular weight excluding hydrogens is 361 g/mol. The van der Waals surface area contributed by atoms with Gasteiger partial charge in [-0.05, 0) is 42.1 Å². The van der Waals surface area contributed by atoms with Crippen LogP contribution < -0.4 is 15.8 Å². The maximum absolute atomic E-state index is 14.2. The number of nitrogen functional groups attached to an aromatic ring is 1. The molecule has 0 aliphatic carbocycles. The second kappa shape index (κ2) is 8.12. The van der Waals surface area contributed by atoms with Crippen LogP contribution in [0.25, 0.3) is 10.8 Å². The van der Waals surface area contributed by atoms with Crippen LogP contribution in [0.15, 0.2) is 42.7 Å². The van der Waals surface area contributed by atoms with Crippen LogP contribution in [0.4, 0.5) is 15.8 Å². The van der Waals surface area contributed by atoms with Gasteiger partial charge in [0.1, 0.15) is 17.5 Å². The van der Waals surface area contributed by atoms with Crippen molar-refractivity contribution in [1.82, 2.24) is 4.98 Å². The largest absolute Gasteiger partial charge is 0.496 e. The lowest BCUT2D eigenvalue weighted by molar-refractivity contribution is -0.142. The molecule has 0 aliphatic rings. The van der Waals surface area contributed by atoms with E-state index in [2.05, 4.69) is 10.3 Å². The van der Waals surface area contributed by atoms with Crippen LogP contribution >= 0.6 is 0 Å². The lowest BCUT2D eigenvalue weighted by Gasteiger charge is -2.20. The number of pyridine rings is 1. The number of anilines is 2. The number of halogens is 1. The highest BCUT2D eigenvalue weighted by Gasteiger charge is 2.26. The third-order valence-electron chi connectivity index (χ3n) is 4.73. The summed E-state index contributed by atoms with van der Waals surface area (Å²) in [6, 6.07) is 8.49. The fourth-order valence-corrected chi connectivity index (χ4v) is 3.13. The van der Waals surface area contributed by atoms with E-state index >= 15 is 0 Å². The zero-order valence-corrected chi connectivity index (χ0v) is 16.0. The molecule has 0 bridgehead atoms. The Morgan fingerprint density at radius 1 is 1.29 bits per heavy atom. The minimum atomic E-state index is -0.779. The van der Waals surface area contributed by atoms with Crippen molar-refractivity contribution in [1.29, 1.82) is 0 Å². The van der Waals surface area contributed by atoms with Crippen LogP contribution in [0, 0.1) is 12.7 Å². The number of methoxy groups -OCH3 is 2. The summed E-state index contributed by atoms with van der Waals surface area (Å²) in [4.78, 5) is 16.5. The second-order valence-electron chi connectivity index (χ2n) is 6.42. The van der Waals surface area contributed by atoms with E-state index in [1.165, 1.54) is 20.3 Å². The van der Waals surface area contributed by atoms with E-state index in [1.54, 1.807) is 25.4 Å². The average molecular weight is 383 g/mol. The third-order valence-corrected chi connectivity index (χ3v) is 4.73. The third kappa shape index (κ3) is 3.69. The van der Waals surface area contributed by atoms with Crippen molar-refractivity contribution in [3.63, 3.8) is 0 Å². The fraction of sp³-hybridized carbons (Fsp3) is 0.238. The number of nitrogens with one attached hydrogen (secondary N) is 1. The van der Waals surface area contributed by atoms with Crippen molar-refractivity contribution < 1.29 is 18.7 Å². The first kappa shape index (κ1) is 19.4. The molecule has 3 rings (SSSR count). The first-order valence-corrected chi connectivity index (χ1v) is 8.74. The first-order chi connectivity index (χ1) is 13.5. The van der Waals surface area contributed by atoms with Gasteiger partial charge in [0, 0.05) is 29.9 Å². The van der Waals surface area contributed by atoms with Gasteiger partial charge in [-0.1, -0.05) is 6.07 Å². The maximum Gasteiger partial charge on any atom is 0.315 e. The van der Waals surface area contributed by atoms with Gasteiger partial charge >= 0.3 is 5.97 Å². The van der Waals surface area contributed by atoms with Crippen LogP contribution in [0.1, 0.15) is 17.0 Å². The Hall–Kier alpha value is -3.35. The van der Waals surface area contributed by atoms with E-state index in [1.807, 2.05) is 18.2 Å². The number of fused-ring (bicyclic) bond motifs is 1. The van der Waals surface area contributed by atoms with Crippen molar-refractivity contribution in [3.05, 3.63) is 59.7 Å². The highest BCUT2D eigenvalue weighted by Crippen LogP contribution is 2.32. The van der Waals surface area contributed by atoms with Crippen LogP contribution in [-0.2, 0) is 9.53 Å². The van der Waals surface area contributed by atoms with Crippen LogP contribution in [0.5, 0.6) is 5.75 Å². The smallest absolute Gasteiger partial charge is 0.315 e. The highest BCUT2D eigenvalue weighted by molar-refractivity contribution is 5.98. The van der Waals surface area contributed by atoms with Gasteiger partial charge in [-0.2, -0.15) is 0 Å². The number of rotatable bonds is 6. The molecule has 6 nitrogen and oxygen atoms in total. The summed E-state index contributed by atoms with van der Waals surface area (Å²) in [5.41, 5.74) is 8.27. The molecule has 146 valence electrons. The number of nitrogens with zero attached hydrogens (tertiary/aromatic N) is 1. The van der Waals surface area contributed by atoms with Crippen LogP contribution in [0.3, 0.4) is 0 Å². The van der Waals surface area contributed by atoms with E-state index in [-0.39, 0.29) is 6.54 Å². The van der Waals surface area contributed by atoms with Gasteiger partial charge in [0.2, 0.25) is 0 Å². The number of aryl methyl sites for hydroxylation is 1. The van der Waals surface area contributed by atoms with Gasteiger partial charge in [-0.3, -0.25) is 9.78 Å². The standard InChI is InChI=1S/C21H22FN3O3/c1-12-8-19(27-2)14(9-17(12)22)16(21(26)28-3)11-25-18-5-4-13-6-7-24-10-15(13)20(18)23/h4-10,16,25H,11,23H2,1-3H3. The molecule has 3 N–H and O–H groups in total. The molecule has 1 unspecified atom stereocenters. The number of carbonyl (C=O) groups excluding carboxylic acids is 1. The van der Waals surface area contributed by atoms with Crippen LogP contribution in [0.2, 0.25) is 0 Å². The summed E-state index contributed by atoms with van der Waals surface area (Å²) in [5.74, 6) is -1.28. The lowest BCUT2D eigenvalue weighted by Crippen LogP contribution is -2.23. The van der Waals surface area contributed by atoms with Gasteiger partial charge in [-0.25, -0.2) is 4.39 Å². The molecule has 1 heterocycles. The Bertz CT molecular complexity index is 1020. The number of aromatic nitrogens is 1. The molecule has 0 radical (unpaired) electrons. The van der Waals surface area contributed by atoms with E-state index in [4.69, 9.17) is 15.2 Å². The minimum absolute atomic E-state index is 0.154. The number of nitrogens with two attached hydrogens (primary N) is 1. The molecule has 28 heavy (non-hydrogen) atoms. The summed E-state index contributed by atoms with van der Waals surface area (Å²) in [5, 5.41) is 4.94. The Labute approximate surface area is 162 Å². The van der Waals surface area contributed by atoms with Crippen molar-refractivity contribution in [3.8, 4) is 5.75 Å². The van der Waals surface area contributed by atoms with Crippen molar-refractivity contribution >= 4 is 28.1 Å². The topological polar surface area (TPSA) is 86.5 Å². The molecule has 0 amide bonds. The number of benzene rings is 2. The summed E-state index contributed by atoms with van der Waals surface area (Å²) in [7, 11) is 2.77. The van der Waals surface area contributed by atoms with Gasteiger partial charge < -0.3 is 20.5 Å². The summed E-state index contributed by atoms with van der Waals surface area (Å²) in [6.45, 7) is 1.79. The fourth-order valence-electron chi connectivity index (χ4n) is 3.13. The molecule has 2 aromatic carbocycles. The maximum atomic E-state index is 14.2. The first-order valence-electron chi connectivity index (χ1n) is 8.74. The van der Waals surface area contributed by atoms with E-state index in [9.17, 15) is 9.18 Å². The van der Waals surface area contributed by atoms with Gasteiger partial charge in [-0.15, -0.1) is 0 Å². The molecule has 1 atom stereocenters. The minimum Gasteiger partial charge on any atom is -0.496 e. The average Bonchev–Trinajstić information content (AvgIpc) is 2.71. The van der Waals surface area contributed by atoms with E-state index < -0.39 is 17.7 Å². The highest BCUT2D eigenvalue weighted by atomic mass is 19.1. The van der Waals surface area contributed by atoms with E-state index in [0.717, 1.165) is 10.8 Å². The number of hydrogen-bond donors (Lipinski definition) is 2. The van der Waals surface area contributed by atoms with Crippen LogP contribution in [-0.4, -0.2) is 31.7 Å². The predicted octanol–water partition coefficient (Wildman–Crippen LogP) is 3.64. The molecule has 0 fully saturated rings. The molecule has 1 aromatic heterocycles. The number of esters is 1.